The molecule has 0 atom stereocenters. The molecule has 0 aliphatic carbocycles. The Hall–Kier alpha value is -3.75. The van der Waals surface area contributed by atoms with E-state index in [1.165, 1.54) is 25.3 Å². The van der Waals surface area contributed by atoms with Gasteiger partial charge >= 0.3 is 5.97 Å². The van der Waals surface area contributed by atoms with Gasteiger partial charge in [-0.25, -0.2) is 9.78 Å². The Bertz CT molecular complexity index is 907. The highest BCUT2D eigenvalue weighted by atomic mass is 16.5. The van der Waals surface area contributed by atoms with Gasteiger partial charge in [-0.1, -0.05) is 0 Å². The smallest absolute Gasteiger partial charge is 0.337 e. The summed E-state index contributed by atoms with van der Waals surface area (Å²) in [7, 11) is 1.43. The lowest BCUT2D eigenvalue weighted by Crippen LogP contribution is -2.17. The van der Waals surface area contributed by atoms with Crippen molar-refractivity contribution in [2.75, 3.05) is 12.4 Å². The summed E-state index contributed by atoms with van der Waals surface area (Å²) in [5.74, 6) is -0.877. The molecule has 2 aromatic heterocycles. The molecule has 2 heterocycles. The van der Waals surface area contributed by atoms with Crippen molar-refractivity contribution in [1.82, 2.24) is 19.7 Å². The van der Waals surface area contributed by atoms with E-state index in [0.29, 0.717) is 11.6 Å². The SMILES string of the molecule is COc1ccc(NC(=O)c2ccc(-n3ccnc3)nn2)c(C(=O)O)c1. The summed E-state index contributed by atoms with van der Waals surface area (Å²) >= 11 is 0. The molecular weight excluding hydrogens is 326 g/mol. The van der Waals surface area contributed by atoms with Crippen LogP contribution in [0.2, 0.25) is 0 Å². The molecule has 2 N–H and O–H groups in total. The van der Waals surface area contributed by atoms with Crippen molar-refractivity contribution in [2.45, 2.75) is 0 Å². The minimum atomic E-state index is -1.18. The second kappa shape index (κ2) is 6.79. The first kappa shape index (κ1) is 16.1. The van der Waals surface area contributed by atoms with Gasteiger partial charge in [0.1, 0.15) is 12.1 Å². The summed E-state index contributed by atoms with van der Waals surface area (Å²) in [5.41, 5.74) is 0.102. The van der Waals surface area contributed by atoms with E-state index in [0.717, 1.165) is 0 Å². The third-order valence-electron chi connectivity index (χ3n) is 3.36. The topological polar surface area (TPSA) is 119 Å². The van der Waals surface area contributed by atoms with Gasteiger partial charge in [0, 0.05) is 12.4 Å². The molecule has 0 radical (unpaired) electrons. The maximum absolute atomic E-state index is 12.3. The number of carbonyl (C=O) groups excluding carboxylic acids is 1. The number of carboxylic acid groups (broad SMARTS) is 1. The summed E-state index contributed by atoms with van der Waals surface area (Å²) in [4.78, 5) is 27.5. The highest BCUT2D eigenvalue weighted by Crippen LogP contribution is 2.22. The van der Waals surface area contributed by atoms with Crippen LogP contribution in [0.5, 0.6) is 5.75 Å². The van der Waals surface area contributed by atoms with Crippen molar-refractivity contribution in [3.63, 3.8) is 0 Å². The number of anilines is 1. The lowest BCUT2D eigenvalue weighted by atomic mass is 10.1. The largest absolute Gasteiger partial charge is 0.497 e. The van der Waals surface area contributed by atoms with E-state index in [2.05, 4.69) is 20.5 Å². The minimum absolute atomic E-state index is 0.0519. The summed E-state index contributed by atoms with van der Waals surface area (Å²) in [6, 6.07) is 7.42. The molecule has 1 amide bonds. The predicted molar refractivity (Wildman–Crippen MR) is 87.1 cm³/mol. The fourth-order valence-corrected chi connectivity index (χ4v) is 2.10. The normalized spacial score (nSPS) is 10.3. The molecule has 9 heteroatoms. The molecule has 0 fully saturated rings. The molecule has 0 spiro atoms. The second-order valence-corrected chi connectivity index (χ2v) is 4.92. The van der Waals surface area contributed by atoms with Crippen LogP contribution >= 0.6 is 0 Å². The number of hydrogen-bond acceptors (Lipinski definition) is 6. The van der Waals surface area contributed by atoms with Crippen LogP contribution in [0.4, 0.5) is 5.69 Å². The molecule has 1 aromatic carbocycles. The molecule has 0 aliphatic heterocycles. The maximum atomic E-state index is 12.3. The van der Waals surface area contributed by atoms with Gasteiger partial charge in [-0.3, -0.25) is 9.36 Å². The van der Waals surface area contributed by atoms with E-state index >= 15 is 0 Å². The Kier molecular flexibility index (Phi) is 4.38. The zero-order valence-electron chi connectivity index (χ0n) is 13.1. The van der Waals surface area contributed by atoms with Gasteiger partial charge < -0.3 is 15.2 Å². The van der Waals surface area contributed by atoms with Crippen molar-refractivity contribution < 1.29 is 19.4 Å². The van der Waals surface area contributed by atoms with Gasteiger partial charge in [-0.2, -0.15) is 0 Å². The van der Waals surface area contributed by atoms with Crippen LogP contribution < -0.4 is 10.1 Å². The quantitative estimate of drug-likeness (QED) is 0.725. The van der Waals surface area contributed by atoms with E-state index < -0.39 is 11.9 Å². The van der Waals surface area contributed by atoms with Crippen LogP contribution in [0.1, 0.15) is 20.8 Å². The molecule has 0 saturated heterocycles. The number of carbonyl (C=O) groups is 2. The molecule has 126 valence electrons. The molecule has 0 unspecified atom stereocenters. The maximum Gasteiger partial charge on any atom is 0.337 e. The van der Waals surface area contributed by atoms with Gasteiger partial charge in [0.25, 0.3) is 5.91 Å². The van der Waals surface area contributed by atoms with E-state index in [9.17, 15) is 14.7 Å². The highest BCUT2D eigenvalue weighted by Gasteiger charge is 2.16. The van der Waals surface area contributed by atoms with Crippen LogP contribution in [0.25, 0.3) is 5.82 Å². The number of nitrogens with one attached hydrogen (secondary N) is 1. The predicted octanol–water partition coefficient (Wildman–Crippen LogP) is 1.62. The first-order valence-electron chi connectivity index (χ1n) is 7.13. The van der Waals surface area contributed by atoms with Crippen LogP contribution in [-0.2, 0) is 0 Å². The molecule has 0 aliphatic rings. The Morgan fingerprint density at radius 2 is 2.04 bits per heavy atom. The van der Waals surface area contributed by atoms with Crippen LogP contribution in [-0.4, -0.2) is 43.8 Å². The lowest BCUT2D eigenvalue weighted by Gasteiger charge is -2.10. The highest BCUT2D eigenvalue weighted by molar-refractivity contribution is 6.06. The van der Waals surface area contributed by atoms with E-state index in [4.69, 9.17) is 4.74 Å². The molecule has 0 bridgehead atoms. The number of aromatic carboxylic acids is 1. The number of hydrogen-bond donors (Lipinski definition) is 2. The number of nitrogens with zero attached hydrogens (tertiary/aromatic N) is 4. The number of carboxylic acids is 1. The zero-order chi connectivity index (χ0) is 17.8. The zero-order valence-corrected chi connectivity index (χ0v) is 13.1. The van der Waals surface area contributed by atoms with Crippen LogP contribution in [0.15, 0.2) is 49.1 Å². The van der Waals surface area contributed by atoms with Crippen molar-refractivity contribution >= 4 is 17.6 Å². The molecular formula is C16H13N5O4. The Morgan fingerprint density at radius 1 is 1.20 bits per heavy atom. The van der Waals surface area contributed by atoms with Crippen LogP contribution in [0.3, 0.4) is 0 Å². The minimum Gasteiger partial charge on any atom is -0.497 e. The van der Waals surface area contributed by atoms with Gasteiger partial charge in [0.05, 0.1) is 18.4 Å². The number of rotatable bonds is 5. The van der Waals surface area contributed by atoms with Crippen molar-refractivity contribution in [3.05, 3.63) is 60.3 Å². The number of ether oxygens (including phenoxy) is 1. The number of aromatic nitrogens is 4. The fraction of sp³-hybridized carbons (Fsp3) is 0.0625. The monoisotopic (exact) mass is 339 g/mol. The average Bonchev–Trinajstić information content (AvgIpc) is 3.16. The van der Waals surface area contributed by atoms with Gasteiger partial charge in [-0.05, 0) is 30.3 Å². The van der Waals surface area contributed by atoms with Gasteiger partial charge in [0.2, 0.25) is 0 Å². The molecule has 9 nitrogen and oxygen atoms in total. The van der Waals surface area contributed by atoms with Gasteiger partial charge in [0.15, 0.2) is 11.5 Å². The first-order valence-corrected chi connectivity index (χ1v) is 7.13. The summed E-state index contributed by atoms with van der Waals surface area (Å²) in [6.45, 7) is 0. The third kappa shape index (κ3) is 3.44. The summed E-state index contributed by atoms with van der Waals surface area (Å²) in [6.07, 6.45) is 4.85. The Balaban J connectivity index is 1.81. The molecule has 25 heavy (non-hydrogen) atoms. The molecule has 3 aromatic rings. The molecule has 0 saturated carbocycles. The van der Waals surface area contributed by atoms with Crippen molar-refractivity contribution in [3.8, 4) is 11.6 Å². The average molecular weight is 339 g/mol. The van der Waals surface area contributed by atoms with Crippen molar-refractivity contribution in [1.29, 1.82) is 0 Å². The number of amides is 1. The van der Waals surface area contributed by atoms with E-state index in [1.54, 1.807) is 35.4 Å². The first-order chi connectivity index (χ1) is 12.1. The Morgan fingerprint density at radius 3 is 2.64 bits per heavy atom. The van der Waals surface area contributed by atoms with Crippen LogP contribution in [0, 0.1) is 0 Å². The number of methoxy groups -OCH3 is 1. The summed E-state index contributed by atoms with van der Waals surface area (Å²) in [5, 5.41) is 19.6. The number of imidazole rings is 1. The van der Waals surface area contributed by atoms with E-state index in [-0.39, 0.29) is 16.9 Å². The second-order valence-electron chi connectivity index (χ2n) is 4.92. The standard InChI is InChI=1S/C16H13N5O4/c1-25-10-2-3-12(11(8-10)16(23)24)18-15(22)13-4-5-14(20-19-13)21-7-6-17-9-21/h2-9H,1H3,(H,18,22)(H,23,24). The molecule has 3 rings (SSSR count). The van der Waals surface area contributed by atoms with Crippen molar-refractivity contribution in [2.24, 2.45) is 0 Å². The van der Waals surface area contributed by atoms with E-state index in [1.807, 2.05) is 0 Å². The fourth-order valence-electron chi connectivity index (χ4n) is 2.10. The Labute approximate surface area is 141 Å². The number of benzene rings is 1. The summed E-state index contributed by atoms with van der Waals surface area (Å²) < 4.78 is 6.63. The third-order valence-corrected chi connectivity index (χ3v) is 3.36. The lowest BCUT2D eigenvalue weighted by molar-refractivity contribution is 0.0697. The van der Waals surface area contributed by atoms with Gasteiger partial charge in [-0.15, -0.1) is 10.2 Å².